The zero-order valence-electron chi connectivity index (χ0n) is 19.4. The Morgan fingerprint density at radius 2 is 1.79 bits per heavy atom. The van der Waals surface area contributed by atoms with E-state index in [1.54, 1.807) is 6.07 Å². The standard InChI is InChI=1S/C28H30N2O2S/c1-4-29(5-2)19(3)32-26-12-8-6-10-20(26)17-30-25-15-14-21(31)16-23(25)24-18-33-27-13-9-7-11-22(27)28(24)30/h6-16,19,31H,4-5,17-18H2,1-3H3. The predicted molar refractivity (Wildman–Crippen MR) is 137 cm³/mol. The summed E-state index contributed by atoms with van der Waals surface area (Å²) in [4.78, 5) is 3.61. The summed E-state index contributed by atoms with van der Waals surface area (Å²) in [5, 5.41) is 11.4. The van der Waals surface area contributed by atoms with Gasteiger partial charge in [-0.25, -0.2) is 0 Å². The van der Waals surface area contributed by atoms with Gasteiger partial charge in [0, 0.05) is 32.7 Å². The van der Waals surface area contributed by atoms with Crippen LogP contribution in [0.3, 0.4) is 0 Å². The molecule has 0 bridgehead atoms. The monoisotopic (exact) mass is 458 g/mol. The highest BCUT2D eigenvalue weighted by Crippen LogP contribution is 2.46. The average Bonchev–Trinajstić information content (AvgIpc) is 3.14. The molecule has 1 N–H and O–H groups in total. The van der Waals surface area contributed by atoms with Gasteiger partial charge >= 0.3 is 0 Å². The summed E-state index contributed by atoms with van der Waals surface area (Å²) in [6.07, 6.45) is 0.00513. The van der Waals surface area contributed by atoms with E-state index in [0.717, 1.165) is 41.1 Å². The Labute approximate surface area is 199 Å². The molecule has 2 heterocycles. The summed E-state index contributed by atoms with van der Waals surface area (Å²) in [6.45, 7) is 9.06. The minimum Gasteiger partial charge on any atom is -0.508 e. The van der Waals surface area contributed by atoms with E-state index < -0.39 is 0 Å². The van der Waals surface area contributed by atoms with Crippen LogP contribution in [-0.2, 0) is 12.3 Å². The highest BCUT2D eigenvalue weighted by Gasteiger charge is 2.25. The molecule has 4 nitrogen and oxygen atoms in total. The van der Waals surface area contributed by atoms with E-state index >= 15 is 0 Å². The fourth-order valence-corrected chi connectivity index (χ4v) is 5.97. The van der Waals surface area contributed by atoms with Gasteiger partial charge in [-0.3, -0.25) is 4.90 Å². The summed E-state index contributed by atoms with van der Waals surface area (Å²) >= 11 is 1.87. The number of para-hydroxylation sites is 1. The number of ether oxygens (including phenoxy) is 1. The number of fused-ring (bicyclic) bond motifs is 5. The van der Waals surface area contributed by atoms with Crippen molar-refractivity contribution in [3.8, 4) is 22.8 Å². The Kier molecular flexibility index (Phi) is 6.09. The first-order valence-corrected chi connectivity index (χ1v) is 12.6. The second-order valence-electron chi connectivity index (χ2n) is 8.45. The molecule has 1 unspecified atom stereocenters. The lowest BCUT2D eigenvalue weighted by molar-refractivity contribution is 0.0472. The molecule has 4 aromatic rings. The summed E-state index contributed by atoms with van der Waals surface area (Å²) in [7, 11) is 0. The third kappa shape index (κ3) is 4.00. The minimum atomic E-state index is 0.00513. The van der Waals surface area contributed by atoms with Crippen molar-refractivity contribution in [1.29, 1.82) is 0 Å². The van der Waals surface area contributed by atoms with Crippen LogP contribution in [0.25, 0.3) is 22.2 Å². The SMILES string of the molecule is CCN(CC)C(C)Oc1ccccc1Cn1c2c(c3cc(O)ccc31)CSc1ccccc1-2. The van der Waals surface area contributed by atoms with Crippen molar-refractivity contribution in [2.24, 2.45) is 0 Å². The van der Waals surface area contributed by atoms with Crippen molar-refractivity contribution in [3.63, 3.8) is 0 Å². The van der Waals surface area contributed by atoms with Crippen LogP contribution in [0.2, 0.25) is 0 Å². The van der Waals surface area contributed by atoms with Crippen LogP contribution in [0, 0.1) is 0 Å². The van der Waals surface area contributed by atoms with E-state index in [2.05, 4.69) is 72.7 Å². The first-order chi connectivity index (χ1) is 16.1. The first-order valence-electron chi connectivity index (χ1n) is 11.7. The quantitative estimate of drug-likeness (QED) is 0.311. The smallest absolute Gasteiger partial charge is 0.149 e. The van der Waals surface area contributed by atoms with Crippen molar-refractivity contribution in [2.75, 3.05) is 13.1 Å². The number of aromatic nitrogens is 1. The minimum absolute atomic E-state index is 0.00513. The second kappa shape index (κ2) is 9.16. The Morgan fingerprint density at radius 1 is 1.03 bits per heavy atom. The molecule has 5 heteroatoms. The molecule has 33 heavy (non-hydrogen) atoms. The topological polar surface area (TPSA) is 37.6 Å². The van der Waals surface area contributed by atoms with Crippen LogP contribution in [0.5, 0.6) is 11.5 Å². The van der Waals surface area contributed by atoms with Gasteiger partial charge in [-0.15, -0.1) is 11.8 Å². The maximum atomic E-state index is 10.2. The fourth-order valence-electron chi connectivity index (χ4n) is 4.88. The number of phenols is 1. The van der Waals surface area contributed by atoms with Crippen LogP contribution < -0.4 is 4.74 Å². The van der Waals surface area contributed by atoms with Crippen molar-refractivity contribution in [1.82, 2.24) is 9.47 Å². The lowest BCUT2D eigenvalue weighted by Gasteiger charge is -2.28. The van der Waals surface area contributed by atoms with E-state index in [4.69, 9.17) is 4.74 Å². The van der Waals surface area contributed by atoms with E-state index in [0.29, 0.717) is 12.3 Å². The van der Waals surface area contributed by atoms with Crippen LogP contribution in [0.4, 0.5) is 0 Å². The van der Waals surface area contributed by atoms with Gasteiger partial charge in [0.1, 0.15) is 17.7 Å². The largest absolute Gasteiger partial charge is 0.508 e. The number of hydrogen-bond acceptors (Lipinski definition) is 4. The van der Waals surface area contributed by atoms with Gasteiger partial charge < -0.3 is 14.4 Å². The van der Waals surface area contributed by atoms with Gasteiger partial charge in [0.15, 0.2) is 0 Å². The highest BCUT2D eigenvalue weighted by molar-refractivity contribution is 7.98. The van der Waals surface area contributed by atoms with Gasteiger partial charge in [-0.1, -0.05) is 50.2 Å². The summed E-state index contributed by atoms with van der Waals surface area (Å²) in [5.41, 5.74) is 6.09. The molecule has 0 aliphatic carbocycles. The molecule has 0 fully saturated rings. The summed E-state index contributed by atoms with van der Waals surface area (Å²) in [6, 6.07) is 22.7. The Balaban J connectivity index is 1.62. The van der Waals surface area contributed by atoms with E-state index in [1.165, 1.54) is 21.7 Å². The van der Waals surface area contributed by atoms with Crippen molar-refractivity contribution in [3.05, 3.63) is 77.9 Å². The normalized spacial score (nSPS) is 13.7. The Bertz CT molecular complexity index is 1290. The van der Waals surface area contributed by atoms with Gasteiger partial charge in [0.2, 0.25) is 0 Å². The Morgan fingerprint density at radius 3 is 2.61 bits per heavy atom. The average molecular weight is 459 g/mol. The molecule has 0 amide bonds. The molecule has 0 spiro atoms. The van der Waals surface area contributed by atoms with Crippen molar-refractivity contribution in [2.45, 2.75) is 44.2 Å². The van der Waals surface area contributed by atoms with Crippen LogP contribution in [0.1, 0.15) is 31.9 Å². The van der Waals surface area contributed by atoms with Gasteiger partial charge in [0.05, 0.1) is 12.2 Å². The third-order valence-electron chi connectivity index (χ3n) is 6.59. The summed E-state index contributed by atoms with van der Waals surface area (Å²) < 4.78 is 8.85. The molecule has 0 saturated carbocycles. The van der Waals surface area contributed by atoms with E-state index in [9.17, 15) is 5.11 Å². The van der Waals surface area contributed by atoms with Gasteiger partial charge in [-0.05, 0) is 55.9 Å². The predicted octanol–water partition coefficient (Wildman–Crippen LogP) is 6.73. The zero-order valence-corrected chi connectivity index (χ0v) is 20.2. The molecule has 1 aliphatic rings. The number of hydrogen-bond donors (Lipinski definition) is 1. The first kappa shape index (κ1) is 21.9. The second-order valence-corrected chi connectivity index (χ2v) is 9.46. The van der Waals surface area contributed by atoms with Crippen LogP contribution in [0.15, 0.2) is 71.6 Å². The highest BCUT2D eigenvalue weighted by atomic mass is 32.2. The number of nitrogens with zero attached hydrogens (tertiary/aromatic N) is 2. The lowest BCUT2D eigenvalue weighted by atomic mass is 10.1. The maximum absolute atomic E-state index is 10.2. The van der Waals surface area contributed by atoms with E-state index in [1.807, 2.05) is 30.0 Å². The van der Waals surface area contributed by atoms with Crippen LogP contribution in [-0.4, -0.2) is 33.9 Å². The molecule has 1 aliphatic heterocycles. The molecular formula is C28H30N2O2S. The van der Waals surface area contributed by atoms with Gasteiger partial charge in [0.25, 0.3) is 0 Å². The molecule has 170 valence electrons. The molecule has 1 aromatic heterocycles. The lowest BCUT2D eigenvalue weighted by Crippen LogP contribution is -2.37. The zero-order chi connectivity index (χ0) is 22.9. The molecule has 0 saturated heterocycles. The molecule has 1 atom stereocenters. The summed E-state index contributed by atoms with van der Waals surface area (Å²) in [5.74, 6) is 2.13. The van der Waals surface area contributed by atoms with Gasteiger partial charge in [-0.2, -0.15) is 0 Å². The molecular weight excluding hydrogens is 428 g/mol. The maximum Gasteiger partial charge on any atom is 0.149 e. The van der Waals surface area contributed by atoms with Crippen molar-refractivity contribution >= 4 is 22.7 Å². The van der Waals surface area contributed by atoms with Crippen molar-refractivity contribution < 1.29 is 9.84 Å². The number of thioether (sulfide) groups is 1. The van der Waals surface area contributed by atoms with E-state index in [-0.39, 0.29) is 6.23 Å². The Hall–Kier alpha value is -2.89. The third-order valence-corrected chi connectivity index (χ3v) is 7.69. The molecule has 5 rings (SSSR count). The van der Waals surface area contributed by atoms with Crippen LogP contribution >= 0.6 is 11.8 Å². The number of phenolic OH excluding ortho intramolecular Hbond substituents is 1. The number of benzene rings is 3. The fraction of sp³-hybridized carbons (Fsp3) is 0.286. The molecule has 0 radical (unpaired) electrons. The number of aromatic hydroxyl groups is 1. The number of rotatable bonds is 7. The molecule has 3 aromatic carbocycles.